The molecule has 1 heteroatoms. The molecule has 262 valence electrons. The molecule has 0 N–H and O–H groups in total. The van der Waals surface area contributed by atoms with Crippen molar-refractivity contribution in [1.82, 2.24) is 0 Å². The zero-order chi connectivity index (χ0) is 37.2. The Balaban J connectivity index is 1.22. The zero-order valence-corrected chi connectivity index (χ0v) is 30.9. The van der Waals surface area contributed by atoms with E-state index in [0.29, 0.717) is 0 Å². The van der Waals surface area contributed by atoms with Crippen molar-refractivity contribution in [3.63, 3.8) is 0 Å². The summed E-state index contributed by atoms with van der Waals surface area (Å²) in [6.45, 7) is 0. The maximum Gasteiger partial charge on any atom is 0.136 e. The molecule has 0 aliphatic rings. The van der Waals surface area contributed by atoms with E-state index in [1.165, 1.54) is 104 Å². The van der Waals surface area contributed by atoms with Crippen molar-refractivity contribution in [2.24, 2.45) is 0 Å². The van der Waals surface area contributed by atoms with E-state index < -0.39 is 0 Å². The Hall–Kier alpha value is -7.48. The number of para-hydroxylation sites is 1. The van der Waals surface area contributed by atoms with Gasteiger partial charge in [-0.15, -0.1) is 0 Å². The van der Waals surface area contributed by atoms with Crippen molar-refractivity contribution >= 4 is 86.6 Å². The van der Waals surface area contributed by atoms with Gasteiger partial charge in [0.2, 0.25) is 0 Å². The molecule has 13 rings (SSSR count). The maximum absolute atomic E-state index is 6.54. The lowest BCUT2D eigenvalue weighted by Gasteiger charge is -2.22. The Morgan fingerprint density at radius 3 is 1.40 bits per heavy atom. The molecule has 1 aromatic heterocycles. The monoisotopic (exact) mass is 720 g/mol. The number of rotatable bonds is 4. The fraction of sp³-hybridized carbons (Fsp3) is 0. The van der Waals surface area contributed by atoms with Gasteiger partial charge >= 0.3 is 0 Å². The normalized spacial score (nSPS) is 12.2. The fourth-order valence-corrected chi connectivity index (χ4v) is 10.1. The fourth-order valence-electron chi connectivity index (χ4n) is 10.1. The summed E-state index contributed by atoms with van der Waals surface area (Å²) < 4.78 is 6.54. The van der Waals surface area contributed by atoms with Crippen molar-refractivity contribution in [3.05, 3.63) is 194 Å². The number of furan rings is 1. The lowest BCUT2D eigenvalue weighted by atomic mass is 9.81. The molecular weight excluding hydrogens is 689 g/mol. The molecule has 1 nitrogen and oxygen atoms in total. The summed E-state index contributed by atoms with van der Waals surface area (Å²) in [5.74, 6) is 0. The van der Waals surface area contributed by atoms with E-state index in [2.05, 4.69) is 194 Å². The topological polar surface area (TPSA) is 13.1 Å². The summed E-state index contributed by atoms with van der Waals surface area (Å²) in [4.78, 5) is 0. The van der Waals surface area contributed by atoms with E-state index in [1.54, 1.807) is 0 Å². The van der Waals surface area contributed by atoms with Gasteiger partial charge in [-0.3, -0.25) is 0 Å². The highest BCUT2D eigenvalue weighted by Gasteiger charge is 2.23. The Morgan fingerprint density at radius 1 is 0.246 bits per heavy atom. The van der Waals surface area contributed by atoms with Gasteiger partial charge in [-0.05, 0) is 133 Å². The molecule has 0 unspecified atom stereocenters. The second-order valence-corrected chi connectivity index (χ2v) is 15.5. The van der Waals surface area contributed by atoms with Gasteiger partial charge in [-0.2, -0.15) is 0 Å². The third-order valence-corrected chi connectivity index (χ3v) is 12.6. The highest BCUT2D eigenvalue weighted by molar-refractivity contribution is 6.28. The molecule has 1 heterocycles. The number of fused-ring (bicyclic) bond motifs is 3. The average molecular weight is 721 g/mol. The highest BCUT2D eigenvalue weighted by Crippen LogP contribution is 2.50. The molecule has 12 aromatic carbocycles. The first-order valence-corrected chi connectivity index (χ1v) is 19.7. The summed E-state index contributed by atoms with van der Waals surface area (Å²) >= 11 is 0. The zero-order valence-electron chi connectivity index (χ0n) is 30.9. The van der Waals surface area contributed by atoms with E-state index in [1.807, 2.05) is 0 Å². The van der Waals surface area contributed by atoms with Gasteiger partial charge in [-0.1, -0.05) is 170 Å². The van der Waals surface area contributed by atoms with Crippen LogP contribution in [0, 0.1) is 0 Å². The first-order chi connectivity index (χ1) is 28.3. The standard InChI is InChI=1S/C56H32O/c1-2-9-33(10-3-1)53-47(42-28-24-39-22-20-35-12-7-14-37-26-30-45(42)55(39)52(35)37)31-40(32-48(53)43-16-8-18-50-56(43)46-15-4-5-17-49(46)57-50)41-27-23-38-21-19-34-11-6-13-36-25-29-44(41)54(38)51(34)36/h1-32H. The van der Waals surface area contributed by atoms with Gasteiger partial charge in [0.25, 0.3) is 0 Å². The molecule has 0 amide bonds. The molecule has 0 fully saturated rings. The highest BCUT2D eigenvalue weighted by atomic mass is 16.3. The molecule has 0 radical (unpaired) electrons. The van der Waals surface area contributed by atoms with Crippen LogP contribution in [0.2, 0.25) is 0 Å². The maximum atomic E-state index is 6.54. The van der Waals surface area contributed by atoms with E-state index in [9.17, 15) is 0 Å². The molecule has 0 spiro atoms. The predicted octanol–water partition coefficient (Wildman–Crippen LogP) is 16.0. The van der Waals surface area contributed by atoms with Crippen molar-refractivity contribution in [2.45, 2.75) is 0 Å². The summed E-state index contributed by atoms with van der Waals surface area (Å²) in [6.07, 6.45) is 0. The van der Waals surface area contributed by atoms with Crippen LogP contribution in [-0.4, -0.2) is 0 Å². The van der Waals surface area contributed by atoms with Crippen molar-refractivity contribution < 1.29 is 4.42 Å². The van der Waals surface area contributed by atoms with E-state index in [-0.39, 0.29) is 0 Å². The summed E-state index contributed by atoms with van der Waals surface area (Å²) in [6, 6.07) is 71.9. The Bertz CT molecular complexity index is 3700. The predicted molar refractivity (Wildman–Crippen MR) is 243 cm³/mol. The SMILES string of the molecule is c1ccc(-c2c(-c3ccc4ccc5cccc6ccc3c4c56)cc(-c3ccc4ccc5cccc6ccc3c4c56)cc2-c2cccc3oc4ccccc4c23)cc1. The third kappa shape index (κ3) is 4.34. The second kappa shape index (κ2) is 11.5. The van der Waals surface area contributed by atoms with Gasteiger partial charge in [0.15, 0.2) is 0 Å². The second-order valence-electron chi connectivity index (χ2n) is 15.5. The molecule has 0 bridgehead atoms. The first-order valence-electron chi connectivity index (χ1n) is 19.7. The molecule has 0 saturated carbocycles. The molecule has 0 atom stereocenters. The summed E-state index contributed by atoms with van der Waals surface area (Å²) in [5.41, 5.74) is 11.4. The van der Waals surface area contributed by atoms with E-state index in [0.717, 1.165) is 27.5 Å². The van der Waals surface area contributed by atoms with Crippen LogP contribution in [0.25, 0.3) is 131 Å². The van der Waals surface area contributed by atoms with Crippen LogP contribution in [0.3, 0.4) is 0 Å². The quantitative estimate of drug-likeness (QED) is 0.165. The summed E-state index contributed by atoms with van der Waals surface area (Å²) in [5, 5.41) is 17.7. The smallest absolute Gasteiger partial charge is 0.136 e. The number of benzene rings is 12. The molecule has 0 aliphatic carbocycles. The van der Waals surface area contributed by atoms with Gasteiger partial charge in [0.1, 0.15) is 11.2 Å². The van der Waals surface area contributed by atoms with Crippen LogP contribution < -0.4 is 0 Å². The van der Waals surface area contributed by atoms with Crippen LogP contribution in [0.5, 0.6) is 0 Å². The van der Waals surface area contributed by atoms with Crippen molar-refractivity contribution in [2.75, 3.05) is 0 Å². The van der Waals surface area contributed by atoms with E-state index in [4.69, 9.17) is 4.42 Å². The van der Waals surface area contributed by atoms with Crippen LogP contribution in [0.15, 0.2) is 199 Å². The molecule has 13 aromatic rings. The first kappa shape index (κ1) is 30.8. The number of hydrogen-bond donors (Lipinski definition) is 0. The van der Waals surface area contributed by atoms with Crippen molar-refractivity contribution in [1.29, 1.82) is 0 Å². The Morgan fingerprint density at radius 2 is 0.737 bits per heavy atom. The molecule has 0 saturated heterocycles. The van der Waals surface area contributed by atoms with Crippen molar-refractivity contribution in [3.8, 4) is 44.5 Å². The minimum Gasteiger partial charge on any atom is -0.456 e. The summed E-state index contributed by atoms with van der Waals surface area (Å²) in [7, 11) is 0. The Labute approximate surface area is 328 Å². The molecule has 0 aliphatic heterocycles. The minimum absolute atomic E-state index is 0.894. The molecular formula is C56H32O. The Kier molecular flexibility index (Phi) is 6.23. The van der Waals surface area contributed by atoms with Crippen LogP contribution >= 0.6 is 0 Å². The third-order valence-electron chi connectivity index (χ3n) is 12.6. The van der Waals surface area contributed by atoms with Gasteiger partial charge in [0.05, 0.1) is 0 Å². The average Bonchev–Trinajstić information content (AvgIpc) is 3.66. The van der Waals surface area contributed by atoms with Crippen LogP contribution in [0.4, 0.5) is 0 Å². The lowest BCUT2D eigenvalue weighted by Crippen LogP contribution is -1.95. The van der Waals surface area contributed by atoms with E-state index >= 15 is 0 Å². The minimum atomic E-state index is 0.894. The van der Waals surface area contributed by atoms with Crippen LogP contribution in [0.1, 0.15) is 0 Å². The lowest BCUT2D eigenvalue weighted by molar-refractivity contribution is 0.669. The number of hydrogen-bond acceptors (Lipinski definition) is 1. The van der Waals surface area contributed by atoms with Gasteiger partial charge in [-0.25, -0.2) is 0 Å². The molecule has 57 heavy (non-hydrogen) atoms. The van der Waals surface area contributed by atoms with Gasteiger partial charge < -0.3 is 4.42 Å². The van der Waals surface area contributed by atoms with Gasteiger partial charge in [0, 0.05) is 10.8 Å². The largest absolute Gasteiger partial charge is 0.456 e. The van der Waals surface area contributed by atoms with Crippen LogP contribution in [-0.2, 0) is 0 Å².